The normalized spacial score (nSPS) is 12.7. The Kier molecular flexibility index (Phi) is 62.7. The summed E-state index contributed by atoms with van der Waals surface area (Å²) in [5, 5.41) is 0. The van der Waals surface area contributed by atoms with Crippen molar-refractivity contribution < 1.29 is 28.6 Å². The highest BCUT2D eigenvalue weighted by Gasteiger charge is 2.19. The number of hydrogen-bond acceptors (Lipinski definition) is 6. The molecule has 1 atom stereocenters. The zero-order chi connectivity index (χ0) is 56.4. The topological polar surface area (TPSA) is 78.9 Å². The van der Waals surface area contributed by atoms with Gasteiger partial charge in [0, 0.05) is 19.3 Å². The molecule has 0 aromatic heterocycles. The molecular weight excluding hydrogens is 961 g/mol. The van der Waals surface area contributed by atoms with E-state index in [1.165, 1.54) is 161 Å². The Bertz CT molecular complexity index is 1530. The molecule has 0 bridgehead atoms. The van der Waals surface area contributed by atoms with Gasteiger partial charge in [0.05, 0.1) is 0 Å². The Labute approximate surface area is 483 Å². The molecule has 0 aliphatic carbocycles. The standard InChI is InChI=1S/C72H124O6/c1-4-7-10-13-16-19-22-25-28-31-33-35-36-38-39-41-44-47-50-53-56-59-62-65-71(74)77-68-69(67-76-70(73)64-61-58-55-52-49-46-43-30-27-24-21-18-15-12-9-6-3)78-72(75)66-63-60-57-54-51-48-45-42-40-37-34-32-29-26-23-20-17-14-11-8-5-2/h8,11,17,20-21,24,26,29-30,34,37,42-43,45,51,54,69H,4-7,9-10,12-16,18-19,22-23,25,27-28,31-33,35-36,38-41,44,46-50,52-53,55-68H2,1-3H3/b11-8-,20-17-,24-21-,29-26-,37-34-,43-30-,45-42-,54-51-. The molecule has 0 aromatic carbocycles. The van der Waals surface area contributed by atoms with E-state index in [0.717, 1.165) is 116 Å². The predicted molar refractivity (Wildman–Crippen MR) is 339 cm³/mol. The molecule has 6 heteroatoms. The summed E-state index contributed by atoms with van der Waals surface area (Å²) in [6, 6.07) is 0. The Balaban J connectivity index is 4.42. The molecule has 0 radical (unpaired) electrons. The number of ether oxygens (including phenoxy) is 3. The SMILES string of the molecule is CC/C=C\C/C=C\C/C=C\C/C=C\C/C=C\C/C=C\CCCCC(=O)OC(COC(=O)CCCCCCC/C=C\C/C=C\CCCCCC)COC(=O)CCCCCCCCCCCCCCCCCCCCCCCCC. The molecule has 0 fully saturated rings. The van der Waals surface area contributed by atoms with Crippen LogP contribution in [0.4, 0.5) is 0 Å². The first-order chi connectivity index (χ1) is 38.5. The monoisotopic (exact) mass is 1080 g/mol. The number of allylic oxidation sites excluding steroid dienone is 16. The third kappa shape index (κ3) is 63.2. The van der Waals surface area contributed by atoms with E-state index < -0.39 is 6.10 Å². The van der Waals surface area contributed by atoms with Gasteiger partial charge in [-0.1, -0.05) is 298 Å². The second-order valence-electron chi connectivity index (χ2n) is 22.0. The van der Waals surface area contributed by atoms with Gasteiger partial charge in [0.15, 0.2) is 6.10 Å². The van der Waals surface area contributed by atoms with Crippen LogP contribution in [0.1, 0.15) is 323 Å². The summed E-state index contributed by atoms with van der Waals surface area (Å²) in [6.45, 7) is 6.50. The molecule has 0 amide bonds. The smallest absolute Gasteiger partial charge is 0.306 e. The molecule has 0 saturated heterocycles. The maximum Gasteiger partial charge on any atom is 0.306 e. The Morgan fingerprint density at radius 2 is 0.500 bits per heavy atom. The molecule has 0 aliphatic heterocycles. The molecule has 0 saturated carbocycles. The number of hydrogen-bond donors (Lipinski definition) is 0. The molecule has 6 nitrogen and oxygen atoms in total. The van der Waals surface area contributed by atoms with Crippen LogP contribution in [-0.2, 0) is 28.6 Å². The summed E-state index contributed by atoms with van der Waals surface area (Å²) < 4.78 is 16.9. The van der Waals surface area contributed by atoms with Crippen LogP contribution in [-0.4, -0.2) is 37.2 Å². The first kappa shape index (κ1) is 74.3. The van der Waals surface area contributed by atoms with Crippen LogP contribution in [0.3, 0.4) is 0 Å². The van der Waals surface area contributed by atoms with Crippen LogP contribution in [0.15, 0.2) is 97.2 Å². The minimum Gasteiger partial charge on any atom is -0.462 e. The van der Waals surface area contributed by atoms with Gasteiger partial charge < -0.3 is 14.2 Å². The Morgan fingerprint density at radius 1 is 0.269 bits per heavy atom. The highest BCUT2D eigenvalue weighted by molar-refractivity contribution is 5.71. The zero-order valence-electron chi connectivity index (χ0n) is 51.4. The maximum absolute atomic E-state index is 12.9. The minimum atomic E-state index is -0.808. The fourth-order valence-corrected chi connectivity index (χ4v) is 9.36. The first-order valence-corrected chi connectivity index (χ1v) is 33.2. The van der Waals surface area contributed by atoms with E-state index in [1.54, 1.807) is 0 Å². The van der Waals surface area contributed by atoms with E-state index in [-0.39, 0.29) is 37.5 Å². The van der Waals surface area contributed by atoms with E-state index in [1.807, 2.05) is 0 Å². The fraction of sp³-hybridized carbons (Fsp3) is 0.736. The average molecular weight is 1090 g/mol. The van der Waals surface area contributed by atoms with Crippen molar-refractivity contribution in [2.75, 3.05) is 13.2 Å². The van der Waals surface area contributed by atoms with Gasteiger partial charge in [0.1, 0.15) is 13.2 Å². The Hall–Kier alpha value is -3.67. The van der Waals surface area contributed by atoms with Gasteiger partial charge in [-0.2, -0.15) is 0 Å². The van der Waals surface area contributed by atoms with E-state index in [0.29, 0.717) is 19.3 Å². The molecule has 78 heavy (non-hydrogen) atoms. The van der Waals surface area contributed by atoms with Crippen molar-refractivity contribution in [1.29, 1.82) is 0 Å². The van der Waals surface area contributed by atoms with Gasteiger partial charge >= 0.3 is 17.9 Å². The zero-order valence-corrected chi connectivity index (χ0v) is 51.4. The summed E-state index contributed by atoms with van der Waals surface area (Å²) in [5.41, 5.74) is 0. The van der Waals surface area contributed by atoms with E-state index in [4.69, 9.17) is 14.2 Å². The van der Waals surface area contributed by atoms with Gasteiger partial charge in [0.2, 0.25) is 0 Å². The number of rotatable bonds is 60. The third-order valence-electron chi connectivity index (χ3n) is 14.3. The lowest BCUT2D eigenvalue weighted by molar-refractivity contribution is -0.167. The van der Waals surface area contributed by atoms with Gasteiger partial charge in [-0.25, -0.2) is 0 Å². The predicted octanol–water partition coefficient (Wildman–Crippen LogP) is 22.8. The average Bonchev–Trinajstić information content (AvgIpc) is 3.44. The second-order valence-corrected chi connectivity index (χ2v) is 22.0. The van der Waals surface area contributed by atoms with Crippen LogP contribution in [0.25, 0.3) is 0 Å². The quantitative estimate of drug-likeness (QED) is 0.0261. The van der Waals surface area contributed by atoms with Crippen molar-refractivity contribution >= 4 is 17.9 Å². The van der Waals surface area contributed by atoms with E-state index >= 15 is 0 Å². The highest BCUT2D eigenvalue weighted by Crippen LogP contribution is 2.17. The lowest BCUT2D eigenvalue weighted by atomic mass is 10.0. The van der Waals surface area contributed by atoms with Crippen molar-refractivity contribution in [3.8, 4) is 0 Å². The lowest BCUT2D eigenvalue weighted by Crippen LogP contribution is -2.30. The van der Waals surface area contributed by atoms with Crippen LogP contribution >= 0.6 is 0 Å². The molecular formula is C72H124O6. The fourth-order valence-electron chi connectivity index (χ4n) is 9.36. The summed E-state index contributed by atoms with van der Waals surface area (Å²) >= 11 is 0. The largest absolute Gasteiger partial charge is 0.462 e. The van der Waals surface area contributed by atoms with E-state index in [2.05, 4.69) is 118 Å². The van der Waals surface area contributed by atoms with Gasteiger partial charge in [-0.15, -0.1) is 0 Å². The number of carbonyl (C=O) groups excluding carboxylic acids is 3. The van der Waals surface area contributed by atoms with Gasteiger partial charge in [-0.05, 0) is 103 Å². The van der Waals surface area contributed by atoms with Crippen molar-refractivity contribution in [2.24, 2.45) is 0 Å². The van der Waals surface area contributed by atoms with Gasteiger partial charge in [-0.3, -0.25) is 14.4 Å². The molecule has 0 rings (SSSR count). The van der Waals surface area contributed by atoms with Crippen molar-refractivity contribution in [1.82, 2.24) is 0 Å². The first-order valence-electron chi connectivity index (χ1n) is 33.2. The minimum absolute atomic E-state index is 0.0977. The van der Waals surface area contributed by atoms with Crippen molar-refractivity contribution in [3.05, 3.63) is 97.2 Å². The van der Waals surface area contributed by atoms with Crippen LogP contribution < -0.4 is 0 Å². The molecule has 1 unspecified atom stereocenters. The molecule has 0 aliphatic rings. The van der Waals surface area contributed by atoms with Crippen molar-refractivity contribution in [2.45, 2.75) is 329 Å². The highest BCUT2D eigenvalue weighted by atomic mass is 16.6. The van der Waals surface area contributed by atoms with Crippen LogP contribution in [0, 0.1) is 0 Å². The summed E-state index contributed by atoms with van der Waals surface area (Å²) in [5.74, 6) is -0.943. The summed E-state index contributed by atoms with van der Waals surface area (Å²) in [4.78, 5) is 38.4. The molecule has 0 N–H and O–H groups in total. The third-order valence-corrected chi connectivity index (χ3v) is 14.3. The van der Waals surface area contributed by atoms with Crippen LogP contribution in [0.5, 0.6) is 0 Å². The molecule has 0 aromatic rings. The second kappa shape index (κ2) is 65.8. The summed E-state index contributed by atoms with van der Waals surface area (Å²) in [7, 11) is 0. The maximum atomic E-state index is 12.9. The summed E-state index contributed by atoms with van der Waals surface area (Å²) in [6.07, 6.45) is 88.5. The molecule has 0 heterocycles. The molecule has 0 spiro atoms. The van der Waals surface area contributed by atoms with Gasteiger partial charge in [0.25, 0.3) is 0 Å². The van der Waals surface area contributed by atoms with E-state index in [9.17, 15) is 14.4 Å². The number of esters is 3. The number of carbonyl (C=O) groups is 3. The number of unbranched alkanes of at least 4 members (excludes halogenated alkanes) is 33. The lowest BCUT2D eigenvalue weighted by Gasteiger charge is -2.18. The Morgan fingerprint density at radius 3 is 0.821 bits per heavy atom. The molecule has 448 valence electrons. The van der Waals surface area contributed by atoms with Crippen molar-refractivity contribution in [3.63, 3.8) is 0 Å². The van der Waals surface area contributed by atoms with Crippen LogP contribution in [0.2, 0.25) is 0 Å².